The van der Waals surface area contributed by atoms with Gasteiger partial charge >= 0.3 is 0 Å². The highest BCUT2D eigenvalue weighted by molar-refractivity contribution is 5.55. The van der Waals surface area contributed by atoms with Gasteiger partial charge in [-0.2, -0.15) is 5.26 Å². The number of fused-ring (bicyclic) bond motifs is 1. The van der Waals surface area contributed by atoms with Crippen LogP contribution in [0.25, 0.3) is 0 Å². The van der Waals surface area contributed by atoms with Crippen LogP contribution in [0, 0.1) is 18.3 Å². The number of hydrogen-bond acceptors (Lipinski definition) is 5. The van der Waals surface area contributed by atoms with Gasteiger partial charge in [-0.15, -0.1) is 0 Å². The maximum atomic E-state index is 13.5. The molecule has 0 spiro atoms. The number of phenolic OH excluding ortho intramolecular Hbond substituents is 1. The number of aryl methyl sites for hydroxylation is 1. The summed E-state index contributed by atoms with van der Waals surface area (Å²) in [6.07, 6.45) is 0. The molecular formula is C23H19N3O3. The number of nitriles is 1. The van der Waals surface area contributed by atoms with E-state index in [-0.39, 0.29) is 22.8 Å². The van der Waals surface area contributed by atoms with Gasteiger partial charge in [-0.05, 0) is 30.2 Å². The number of benzene rings is 2. The molecule has 0 saturated heterocycles. The molecule has 0 amide bonds. The number of nitrogens with two attached hydrogens (primary N) is 1. The second kappa shape index (κ2) is 7.21. The summed E-state index contributed by atoms with van der Waals surface area (Å²) in [7, 11) is 0. The summed E-state index contributed by atoms with van der Waals surface area (Å²) in [5.41, 5.74) is 8.71. The molecule has 6 nitrogen and oxygen atoms in total. The summed E-state index contributed by atoms with van der Waals surface area (Å²) in [4.78, 5) is 13.5. The lowest BCUT2D eigenvalue weighted by molar-refractivity contribution is 0.389. The fourth-order valence-electron chi connectivity index (χ4n) is 3.65. The SMILES string of the molecule is Cc1cc2c(c(=O)n1Cc1ccccc1)[C@H](c1ccc(O)cc1)C(C#N)=C(N)O2. The molecular weight excluding hydrogens is 366 g/mol. The third-order valence-corrected chi connectivity index (χ3v) is 5.10. The average Bonchev–Trinajstić information content (AvgIpc) is 2.71. The lowest BCUT2D eigenvalue weighted by atomic mass is 9.84. The lowest BCUT2D eigenvalue weighted by Crippen LogP contribution is -2.33. The maximum absolute atomic E-state index is 13.5. The molecule has 1 aliphatic heterocycles. The summed E-state index contributed by atoms with van der Waals surface area (Å²) in [6.45, 7) is 2.24. The number of pyridine rings is 1. The van der Waals surface area contributed by atoms with Crippen LogP contribution in [0.5, 0.6) is 11.5 Å². The van der Waals surface area contributed by atoms with Crippen molar-refractivity contribution in [2.24, 2.45) is 5.73 Å². The van der Waals surface area contributed by atoms with Gasteiger partial charge in [0.1, 0.15) is 23.1 Å². The maximum Gasteiger partial charge on any atom is 0.259 e. The highest BCUT2D eigenvalue weighted by Crippen LogP contribution is 2.40. The Morgan fingerprint density at radius 3 is 2.52 bits per heavy atom. The van der Waals surface area contributed by atoms with Crippen molar-refractivity contribution >= 4 is 0 Å². The van der Waals surface area contributed by atoms with Gasteiger partial charge in [0.05, 0.1) is 18.0 Å². The Bertz CT molecular complexity index is 1200. The van der Waals surface area contributed by atoms with Crippen molar-refractivity contribution in [3.8, 4) is 17.6 Å². The molecule has 0 unspecified atom stereocenters. The monoisotopic (exact) mass is 385 g/mol. The van der Waals surface area contributed by atoms with E-state index in [0.717, 1.165) is 11.3 Å². The van der Waals surface area contributed by atoms with Gasteiger partial charge in [-0.3, -0.25) is 4.79 Å². The van der Waals surface area contributed by atoms with Gasteiger partial charge in [0.2, 0.25) is 5.88 Å². The zero-order valence-corrected chi connectivity index (χ0v) is 15.8. The van der Waals surface area contributed by atoms with Crippen molar-refractivity contribution in [1.29, 1.82) is 5.26 Å². The zero-order chi connectivity index (χ0) is 20.5. The Labute approximate surface area is 167 Å². The summed E-state index contributed by atoms with van der Waals surface area (Å²) in [5, 5.41) is 19.3. The Morgan fingerprint density at radius 1 is 1.17 bits per heavy atom. The van der Waals surface area contributed by atoms with Gasteiger partial charge in [-0.25, -0.2) is 0 Å². The van der Waals surface area contributed by atoms with Crippen molar-refractivity contribution in [3.05, 3.63) is 105 Å². The molecule has 4 rings (SSSR count). The first-order valence-electron chi connectivity index (χ1n) is 9.14. The van der Waals surface area contributed by atoms with E-state index in [1.54, 1.807) is 22.8 Å². The molecule has 2 aromatic carbocycles. The Balaban J connectivity index is 1.92. The molecule has 0 bridgehead atoms. The molecule has 29 heavy (non-hydrogen) atoms. The fraction of sp³-hybridized carbons (Fsp3) is 0.130. The van der Waals surface area contributed by atoms with Crippen LogP contribution in [0.4, 0.5) is 0 Å². The second-order valence-electron chi connectivity index (χ2n) is 6.96. The van der Waals surface area contributed by atoms with Crippen molar-refractivity contribution in [2.75, 3.05) is 0 Å². The number of phenols is 1. The first-order valence-corrected chi connectivity index (χ1v) is 9.14. The fourth-order valence-corrected chi connectivity index (χ4v) is 3.65. The molecule has 0 fully saturated rings. The van der Waals surface area contributed by atoms with Gasteiger partial charge in [0.15, 0.2) is 0 Å². The molecule has 0 radical (unpaired) electrons. The molecule has 1 aromatic heterocycles. The molecule has 144 valence electrons. The third-order valence-electron chi connectivity index (χ3n) is 5.10. The normalized spacial score (nSPS) is 15.4. The highest BCUT2D eigenvalue weighted by atomic mass is 16.5. The van der Waals surface area contributed by atoms with Crippen LogP contribution in [0.3, 0.4) is 0 Å². The standard InChI is InChI=1S/C23H19N3O3/c1-14-11-19-21(23(28)26(14)13-15-5-3-2-4-6-15)20(18(12-24)22(25)29-19)16-7-9-17(27)10-8-16/h2-11,20,27H,13,25H2,1H3/t20-/m1/s1. The third kappa shape index (κ3) is 3.23. The minimum Gasteiger partial charge on any atom is -0.508 e. The van der Waals surface area contributed by atoms with Gasteiger partial charge in [0, 0.05) is 11.8 Å². The summed E-state index contributed by atoms with van der Waals surface area (Å²) in [5.74, 6) is -0.231. The van der Waals surface area contributed by atoms with Gasteiger partial charge in [-0.1, -0.05) is 42.5 Å². The van der Waals surface area contributed by atoms with Crippen molar-refractivity contribution in [1.82, 2.24) is 4.57 Å². The van der Waals surface area contributed by atoms with Gasteiger partial charge in [0.25, 0.3) is 5.56 Å². The topological polar surface area (TPSA) is 101 Å². The first-order chi connectivity index (χ1) is 14.0. The van der Waals surface area contributed by atoms with E-state index < -0.39 is 5.92 Å². The minimum atomic E-state index is -0.667. The molecule has 3 aromatic rings. The number of rotatable bonds is 3. The highest BCUT2D eigenvalue weighted by Gasteiger charge is 2.34. The summed E-state index contributed by atoms with van der Waals surface area (Å²) >= 11 is 0. The molecule has 0 aliphatic carbocycles. The van der Waals surface area contributed by atoms with Crippen molar-refractivity contribution < 1.29 is 9.84 Å². The van der Waals surface area contributed by atoms with Crippen LogP contribution >= 0.6 is 0 Å². The molecule has 0 saturated carbocycles. The van der Waals surface area contributed by atoms with Crippen molar-refractivity contribution in [2.45, 2.75) is 19.4 Å². The average molecular weight is 385 g/mol. The number of nitrogens with zero attached hydrogens (tertiary/aromatic N) is 2. The van der Waals surface area contributed by atoms with E-state index in [0.29, 0.717) is 23.4 Å². The van der Waals surface area contributed by atoms with E-state index in [1.165, 1.54) is 12.1 Å². The largest absolute Gasteiger partial charge is 0.508 e. The number of ether oxygens (including phenoxy) is 1. The van der Waals surface area contributed by atoms with E-state index in [4.69, 9.17) is 10.5 Å². The summed E-state index contributed by atoms with van der Waals surface area (Å²) in [6, 6.07) is 19.9. The lowest BCUT2D eigenvalue weighted by Gasteiger charge is -2.27. The van der Waals surface area contributed by atoms with Crippen molar-refractivity contribution in [3.63, 3.8) is 0 Å². The van der Waals surface area contributed by atoms with Crippen LogP contribution < -0.4 is 16.0 Å². The van der Waals surface area contributed by atoms with E-state index in [9.17, 15) is 15.2 Å². The Kier molecular flexibility index (Phi) is 4.57. The Hall–Kier alpha value is -3.98. The predicted molar refractivity (Wildman–Crippen MR) is 108 cm³/mol. The quantitative estimate of drug-likeness (QED) is 0.721. The summed E-state index contributed by atoms with van der Waals surface area (Å²) < 4.78 is 7.32. The van der Waals surface area contributed by atoms with Crippen LogP contribution in [0.1, 0.15) is 28.3 Å². The smallest absolute Gasteiger partial charge is 0.259 e. The zero-order valence-electron chi connectivity index (χ0n) is 15.8. The minimum absolute atomic E-state index is 0.0160. The van der Waals surface area contributed by atoms with Crippen LogP contribution in [-0.2, 0) is 6.54 Å². The van der Waals surface area contributed by atoms with E-state index in [1.807, 2.05) is 37.3 Å². The number of allylic oxidation sites excluding steroid dienone is 1. The van der Waals surface area contributed by atoms with Gasteiger partial charge < -0.3 is 20.1 Å². The van der Waals surface area contributed by atoms with Crippen LogP contribution in [-0.4, -0.2) is 9.67 Å². The van der Waals surface area contributed by atoms with Crippen LogP contribution in [0.15, 0.2) is 76.9 Å². The molecule has 1 atom stereocenters. The number of aromatic hydroxyl groups is 1. The first kappa shape index (κ1) is 18.4. The Morgan fingerprint density at radius 2 is 1.86 bits per heavy atom. The second-order valence-corrected chi connectivity index (χ2v) is 6.96. The van der Waals surface area contributed by atoms with E-state index >= 15 is 0 Å². The number of aromatic nitrogens is 1. The van der Waals surface area contributed by atoms with Crippen LogP contribution in [0.2, 0.25) is 0 Å². The molecule has 2 heterocycles. The molecule has 3 N–H and O–H groups in total. The predicted octanol–water partition coefficient (Wildman–Crippen LogP) is 3.13. The molecule has 1 aliphatic rings. The number of hydrogen-bond donors (Lipinski definition) is 2. The van der Waals surface area contributed by atoms with E-state index in [2.05, 4.69) is 6.07 Å². The molecule has 6 heteroatoms.